The van der Waals surface area contributed by atoms with E-state index in [4.69, 9.17) is 20.9 Å². The first-order valence-electron chi connectivity index (χ1n) is 8.74. The van der Waals surface area contributed by atoms with E-state index < -0.39 is 0 Å². The number of fused-ring (bicyclic) bond motifs is 4. The number of halogens is 1. The van der Waals surface area contributed by atoms with Crippen molar-refractivity contribution < 1.29 is 9.26 Å². The van der Waals surface area contributed by atoms with E-state index in [9.17, 15) is 0 Å². The molecule has 4 heterocycles. The van der Waals surface area contributed by atoms with E-state index in [1.165, 1.54) is 25.9 Å². The van der Waals surface area contributed by atoms with Crippen molar-refractivity contribution in [2.24, 2.45) is 5.92 Å². The number of ether oxygens (including phenoxy) is 1. The van der Waals surface area contributed by atoms with Crippen LogP contribution in [0, 0.1) is 5.92 Å². The number of benzene rings is 1. The third kappa shape index (κ3) is 2.37. The van der Waals surface area contributed by atoms with Crippen LogP contribution in [-0.2, 0) is 0 Å². The lowest BCUT2D eigenvalue weighted by molar-refractivity contribution is -0.0189. The molecule has 5 nitrogen and oxygen atoms in total. The van der Waals surface area contributed by atoms with Crippen molar-refractivity contribution in [2.75, 3.05) is 25.0 Å². The van der Waals surface area contributed by atoms with Crippen LogP contribution in [0.3, 0.4) is 0 Å². The zero-order valence-electron chi connectivity index (χ0n) is 14.4. The number of aromatic nitrogens is 1. The summed E-state index contributed by atoms with van der Waals surface area (Å²) in [5, 5.41) is 9.43. The Bertz CT molecular complexity index is 750. The number of anilines is 1. The highest BCUT2D eigenvalue weighted by molar-refractivity contribution is 6.33. The van der Waals surface area contributed by atoms with Gasteiger partial charge in [-0.25, -0.2) is 0 Å². The normalized spacial score (nSPS) is 28.2. The number of hydrogen-bond donors (Lipinski definition) is 1. The van der Waals surface area contributed by atoms with Gasteiger partial charge in [0.15, 0.2) is 11.6 Å². The van der Waals surface area contributed by atoms with Crippen LogP contribution in [0.15, 0.2) is 16.7 Å². The molecule has 1 aromatic heterocycles. The zero-order chi connectivity index (χ0) is 16.9. The average Bonchev–Trinajstić information content (AvgIpc) is 2.97. The molecular weight excluding hydrogens is 326 g/mol. The first-order chi connectivity index (χ1) is 11.5. The first kappa shape index (κ1) is 16.0. The molecule has 3 aliphatic heterocycles. The van der Waals surface area contributed by atoms with Crippen LogP contribution in [0.5, 0.6) is 5.75 Å². The Balaban J connectivity index is 1.69. The van der Waals surface area contributed by atoms with Gasteiger partial charge in [-0.3, -0.25) is 4.90 Å². The molecule has 2 aromatic rings. The van der Waals surface area contributed by atoms with Gasteiger partial charge in [-0.15, -0.1) is 0 Å². The molecule has 2 bridgehead atoms. The molecule has 6 heteroatoms. The van der Waals surface area contributed by atoms with Gasteiger partial charge < -0.3 is 14.6 Å². The van der Waals surface area contributed by atoms with Crippen LogP contribution in [0.1, 0.15) is 33.6 Å². The summed E-state index contributed by atoms with van der Waals surface area (Å²) in [4.78, 5) is 2.58. The molecular formula is C18H24ClN3O2. The van der Waals surface area contributed by atoms with Crippen molar-refractivity contribution in [1.29, 1.82) is 0 Å². The maximum absolute atomic E-state index is 6.24. The molecule has 0 radical (unpaired) electrons. The second-order valence-electron chi connectivity index (χ2n) is 7.32. The lowest BCUT2D eigenvalue weighted by atomic mass is 9.72. The quantitative estimate of drug-likeness (QED) is 0.898. The lowest BCUT2D eigenvalue weighted by Gasteiger charge is -2.56. The molecule has 0 aliphatic carbocycles. The lowest BCUT2D eigenvalue weighted by Crippen LogP contribution is -2.66. The highest BCUT2D eigenvalue weighted by Crippen LogP contribution is 2.42. The maximum Gasteiger partial charge on any atom is 0.212 e. The van der Waals surface area contributed by atoms with Crippen molar-refractivity contribution in [1.82, 2.24) is 10.1 Å². The highest BCUT2D eigenvalue weighted by atomic mass is 35.5. The number of nitrogens with one attached hydrogen (secondary N) is 1. The van der Waals surface area contributed by atoms with E-state index in [0.717, 1.165) is 11.2 Å². The zero-order valence-corrected chi connectivity index (χ0v) is 15.2. The first-order valence-corrected chi connectivity index (χ1v) is 9.12. The summed E-state index contributed by atoms with van der Waals surface area (Å²) in [5.74, 6) is 2.04. The van der Waals surface area contributed by atoms with Crippen molar-refractivity contribution in [3.63, 3.8) is 0 Å². The molecule has 0 unspecified atom stereocenters. The summed E-state index contributed by atoms with van der Waals surface area (Å²) in [6.45, 7) is 9.50. The number of nitrogens with zero attached hydrogens (tertiary/aromatic N) is 2. The van der Waals surface area contributed by atoms with E-state index in [1.807, 2.05) is 19.1 Å². The fourth-order valence-corrected chi connectivity index (χ4v) is 4.57. The molecule has 130 valence electrons. The van der Waals surface area contributed by atoms with E-state index in [0.29, 0.717) is 34.9 Å². The second kappa shape index (κ2) is 5.81. The monoisotopic (exact) mass is 349 g/mol. The fourth-order valence-electron chi connectivity index (χ4n) is 4.36. The number of rotatable bonds is 4. The van der Waals surface area contributed by atoms with Gasteiger partial charge in [-0.2, -0.15) is 0 Å². The summed E-state index contributed by atoms with van der Waals surface area (Å²) in [5.41, 5.74) is 0.729. The highest BCUT2D eigenvalue weighted by Gasteiger charge is 2.47. The minimum Gasteiger partial charge on any atom is -0.488 e. The molecule has 1 N–H and O–H groups in total. The van der Waals surface area contributed by atoms with E-state index in [1.54, 1.807) is 0 Å². The fraction of sp³-hybridized carbons (Fsp3) is 0.611. The molecule has 3 aliphatic rings. The largest absolute Gasteiger partial charge is 0.488 e. The van der Waals surface area contributed by atoms with Crippen LogP contribution in [0.4, 0.5) is 5.82 Å². The number of hydrogen-bond acceptors (Lipinski definition) is 5. The Morgan fingerprint density at radius 1 is 1.38 bits per heavy atom. The van der Waals surface area contributed by atoms with E-state index >= 15 is 0 Å². The van der Waals surface area contributed by atoms with Crippen LogP contribution in [0.2, 0.25) is 5.02 Å². The summed E-state index contributed by atoms with van der Waals surface area (Å²) in [6.07, 6.45) is 2.49. The summed E-state index contributed by atoms with van der Waals surface area (Å²) in [7, 11) is 0. The van der Waals surface area contributed by atoms with Crippen LogP contribution < -0.4 is 10.1 Å². The average molecular weight is 350 g/mol. The molecule has 0 spiro atoms. The molecule has 24 heavy (non-hydrogen) atoms. The van der Waals surface area contributed by atoms with Gasteiger partial charge in [0.2, 0.25) is 5.58 Å². The van der Waals surface area contributed by atoms with Gasteiger partial charge >= 0.3 is 0 Å². The summed E-state index contributed by atoms with van der Waals surface area (Å²) < 4.78 is 11.2. The van der Waals surface area contributed by atoms with Crippen LogP contribution >= 0.6 is 11.6 Å². The van der Waals surface area contributed by atoms with E-state index in [2.05, 4.69) is 29.2 Å². The summed E-state index contributed by atoms with van der Waals surface area (Å²) in [6, 6.07) is 4.16. The van der Waals surface area contributed by atoms with Crippen LogP contribution in [-0.4, -0.2) is 41.3 Å². The molecule has 5 rings (SSSR count). The smallest absolute Gasteiger partial charge is 0.212 e. The molecule has 1 aromatic carbocycles. The topological polar surface area (TPSA) is 50.5 Å². The predicted octanol–water partition coefficient (Wildman–Crippen LogP) is 4.16. The van der Waals surface area contributed by atoms with Crippen molar-refractivity contribution >= 4 is 28.4 Å². The third-order valence-corrected chi connectivity index (χ3v) is 6.01. The minimum atomic E-state index is 0.113. The Morgan fingerprint density at radius 2 is 2.12 bits per heavy atom. The molecule has 1 atom stereocenters. The standard InChI is InChI=1S/C18H24ClN3O2/c1-4-23-15-13(19)6-5-12-14(15)24-21-17(12)20-16-11-7-9-22(10-8-11)18(16,2)3/h5-6,11,16H,4,7-10H2,1-3H3,(H,20,21)/t16-/m0/s1. The van der Waals surface area contributed by atoms with Crippen molar-refractivity contribution in [2.45, 2.75) is 45.2 Å². The molecule has 3 saturated heterocycles. The van der Waals surface area contributed by atoms with Gasteiger partial charge in [-0.1, -0.05) is 16.8 Å². The van der Waals surface area contributed by atoms with Gasteiger partial charge in [0.1, 0.15) is 0 Å². The van der Waals surface area contributed by atoms with Crippen LogP contribution in [0.25, 0.3) is 11.0 Å². The Kier molecular flexibility index (Phi) is 3.88. The predicted molar refractivity (Wildman–Crippen MR) is 96.0 cm³/mol. The van der Waals surface area contributed by atoms with Gasteiger partial charge in [0.05, 0.1) is 17.0 Å². The number of piperidine rings is 3. The Labute approximate surface area is 147 Å². The maximum atomic E-state index is 6.24. The summed E-state index contributed by atoms with van der Waals surface area (Å²) >= 11 is 6.24. The van der Waals surface area contributed by atoms with Gasteiger partial charge in [0, 0.05) is 11.6 Å². The SMILES string of the molecule is CCOc1c(Cl)ccc2c(N[C@H]3C4CCN(CC4)C3(C)C)noc12. The van der Waals surface area contributed by atoms with Crippen molar-refractivity contribution in [3.05, 3.63) is 17.2 Å². The molecule has 3 fully saturated rings. The van der Waals surface area contributed by atoms with Crippen molar-refractivity contribution in [3.8, 4) is 5.75 Å². The van der Waals surface area contributed by atoms with Gasteiger partial charge in [-0.05, 0) is 64.8 Å². The van der Waals surface area contributed by atoms with E-state index in [-0.39, 0.29) is 5.54 Å². The molecule has 0 amide bonds. The minimum absolute atomic E-state index is 0.113. The Morgan fingerprint density at radius 3 is 2.79 bits per heavy atom. The molecule has 0 saturated carbocycles. The Hall–Kier alpha value is -1.46. The third-order valence-electron chi connectivity index (χ3n) is 5.72. The second-order valence-corrected chi connectivity index (χ2v) is 7.72. The van der Waals surface area contributed by atoms with Gasteiger partial charge in [0.25, 0.3) is 0 Å².